The van der Waals surface area contributed by atoms with Crippen LogP contribution >= 0.6 is 0 Å². The number of nitrogens with zero attached hydrogens (tertiary/aromatic N) is 2. The minimum Gasteiger partial charge on any atom is -0.434 e. The average Bonchev–Trinajstić information content (AvgIpc) is 2.65. The van der Waals surface area contributed by atoms with Crippen LogP contribution in [0.15, 0.2) is 29.3 Å². The molecule has 3 N–H and O–H groups in total. The van der Waals surface area contributed by atoms with E-state index >= 15 is 0 Å². The summed E-state index contributed by atoms with van der Waals surface area (Å²) in [5.74, 6) is 0.804. The molecule has 0 aromatic heterocycles. The van der Waals surface area contributed by atoms with Crippen LogP contribution in [0.4, 0.5) is 8.78 Å². The number of hydrogen-bond acceptors (Lipinski definition) is 4. The van der Waals surface area contributed by atoms with Crippen molar-refractivity contribution >= 4 is 5.96 Å². The monoisotopic (exact) mass is 384 g/mol. The number of likely N-dealkylation sites (tertiary alicyclic amines) is 1. The Morgan fingerprint density at radius 3 is 2.74 bits per heavy atom. The molecule has 0 atom stereocenters. The minimum atomic E-state index is -2.85. The second-order valence-corrected chi connectivity index (χ2v) is 6.53. The number of guanidine groups is 1. The van der Waals surface area contributed by atoms with E-state index in [1.807, 2.05) is 6.92 Å². The number of rotatable bonds is 9. The molecule has 0 unspecified atom stereocenters. The van der Waals surface area contributed by atoms with Gasteiger partial charge >= 0.3 is 6.61 Å². The number of ether oxygens (including phenoxy) is 1. The molecule has 1 aliphatic heterocycles. The molecule has 1 saturated heterocycles. The third-order valence-corrected chi connectivity index (χ3v) is 4.44. The molecule has 0 amide bonds. The summed E-state index contributed by atoms with van der Waals surface area (Å²) >= 11 is 0. The average molecular weight is 384 g/mol. The first-order chi connectivity index (χ1) is 13.1. The summed E-state index contributed by atoms with van der Waals surface area (Å²) in [5, 5.41) is 16.0. The Bertz CT molecular complexity index is 579. The molecule has 8 heteroatoms. The van der Waals surface area contributed by atoms with Crippen LogP contribution in [0, 0.1) is 0 Å². The molecule has 0 bridgehead atoms. The molecule has 6 nitrogen and oxygen atoms in total. The zero-order valence-corrected chi connectivity index (χ0v) is 15.8. The zero-order chi connectivity index (χ0) is 19.5. The standard InChI is InChI=1S/C19H30F2N4O2/c1-2-22-19(23-10-5-11-25-12-8-16(26)9-13-25)24-14-15-6-3-4-7-17(15)27-18(20)21/h3-4,6-7,16,18,26H,2,5,8-14H2,1H3,(H2,22,23,24). The minimum absolute atomic E-state index is 0.149. The van der Waals surface area contributed by atoms with Crippen molar-refractivity contribution in [3.05, 3.63) is 29.8 Å². The number of benzene rings is 1. The lowest BCUT2D eigenvalue weighted by Gasteiger charge is -2.29. The van der Waals surface area contributed by atoms with Gasteiger partial charge in [-0.25, -0.2) is 4.99 Å². The van der Waals surface area contributed by atoms with E-state index in [9.17, 15) is 13.9 Å². The fourth-order valence-electron chi connectivity index (χ4n) is 3.00. The van der Waals surface area contributed by atoms with Gasteiger partial charge in [0, 0.05) is 31.7 Å². The van der Waals surface area contributed by atoms with Crippen LogP contribution in [0.1, 0.15) is 31.7 Å². The van der Waals surface area contributed by atoms with Crippen molar-refractivity contribution in [2.75, 3.05) is 32.7 Å². The van der Waals surface area contributed by atoms with E-state index in [1.165, 1.54) is 6.07 Å². The fourth-order valence-corrected chi connectivity index (χ4v) is 3.00. The molecule has 0 spiro atoms. The number of hydrogen-bond donors (Lipinski definition) is 3. The van der Waals surface area contributed by atoms with Gasteiger partial charge in [-0.1, -0.05) is 18.2 Å². The Morgan fingerprint density at radius 2 is 2.04 bits per heavy atom. The summed E-state index contributed by atoms with van der Waals surface area (Å²) in [6.45, 7) is 3.71. The Morgan fingerprint density at radius 1 is 1.30 bits per heavy atom. The molecule has 0 saturated carbocycles. The van der Waals surface area contributed by atoms with Gasteiger partial charge in [-0.15, -0.1) is 0 Å². The van der Waals surface area contributed by atoms with Gasteiger partial charge in [-0.05, 0) is 38.8 Å². The van der Waals surface area contributed by atoms with Crippen molar-refractivity contribution in [3.8, 4) is 5.75 Å². The molecule has 2 rings (SSSR count). The molecule has 1 aromatic carbocycles. The van der Waals surface area contributed by atoms with Crippen molar-refractivity contribution < 1.29 is 18.6 Å². The van der Waals surface area contributed by atoms with Gasteiger partial charge in [-0.3, -0.25) is 0 Å². The van der Waals surface area contributed by atoms with Crippen LogP contribution in [-0.2, 0) is 6.54 Å². The summed E-state index contributed by atoms with van der Waals surface area (Å²) in [7, 11) is 0. The molecule has 1 heterocycles. The van der Waals surface area contributed by atoms with E-state index in [0.29, 0.717) is 18.1 Å². The van der Waals surface area contributed by atoms with Crippen LogP contribution < -0.4 is 15.4 Å². The molecular weight excluding hydrogens is 354 g/mol. The summed E-state index contributed by atoms with van der Waals surface area (Å²) in [6, 6.07) is 6.69. The molecular formula is C19H30F2N4O2. The summed E-state index contributed by atoms with van der Waals surface area (Å²) < 4.78 is 29.5. The molecule has 1 aliphatic rings. The molecule has 1 aromatic rings. The number of aliphatic hydroxyl groups excluding tert-OH is 1. The lowest BCUT2D eigenvalue weighted by Crippen LogP contribution is -2.40. The molecule has 0 radical (unpaired) electrons. The Balaban J connectivity index is 1.80. The van der Waals surface area contributed by atoms with Gasteiger partial charge in [0.2, 0.25) is 0 Å². The van der Waals surface area contributed by atoms with E-state index in [1.54, 1.807) is 18.2 Å². The number of aliphatic imine (C=N–C) groups is 1. The number of para-hydroxylation sites is 1. The number of piperidine rings is 1. The Labute approximate surface area is 159 Å². The van der Waals surface area contributed by atoms with Gasteiger partial charge in [-0.2, -0.15) is 8.78 Å². The Hall–Kier alpha value is -1.93. The SMILES string of the molecule is CCNC(=NCc1ccccc1OC(F)F)NCCCN1CCC(O)CC1. The van der Waals surface area contributed by atoms with Crippen LogP contribution in [0.25, 0.3) is 0 Å². The van der Waals surface area contributed by atoms with Crippen molar-refractivity contribution in [3.63, 3.8) is 0 Å². The first kappa shape index (κ1) is 21.4. The second kappa shape index (κ2) is 11.7. The number of aliphatic hydroxyl groups is 1. The molecule has 0 aliphatic carbocycles. The highest BCUT2D eigenvalue weighted by Gasteiger charge is 2.16. The first-order valence-corrected chi connectivity index (χ1v) is 9.53. The number of halogens is 2. The smallest absolute Gasteiger partial charge is 0.387 e. The maximum atomic E-state index is 12.5. The number of nitrogens with one attached hydrogen (secondary N) is 2. The summed E-state index contributed by atoms with van der Waals surface area (Å²) in [4.78, 5) is 6.83. The summed E-state index contributed by atoms with van der Waals surface area (Å²) in [6.07, 6.45) is 2.50. The van der Waals surface area contributed by atoms with Crippen molar-refractivity contribution in [1.82, 2.24) is 15.5 Å². The van der Waals surface area contributed by atoms with Gasteiger partial charge in [0.05, 0.1) is 12.6 Å². The Kier molecular flexibility index (Phi) is 9.27. The van der Waals surface area contributed by atoms with Crippen molar-refractivity contribution in [2.24, 2.45) is 4.99 Å². The molecule has 1 fully saturated rings. The predicted molar refractivity (Wildman–Crippen MR) is 102 cm³/mol. The largest absolute Gasteiger partial charge is 0.434 e. The topological polar surface area (TPSA) is 69.1 Å². The van der Waals surface area contributed by atoms with Crippen LogP contribution in [0.2, 0.25) is 0 Å². The molecule has 152 valence electrons. The van der Waals surface area contributed by atoms with Crippen LogP contribution in [-0.4, -0.2) is 61.4 Å². The van der Waals surface area contributed by atoms with E-state index < -0.39 is 6.61 Å². The van der Waals surface area contributed by atoms with Crippen molar-refractivity contribution in [1.29, 1.82) is 0 Å². The number of alkyl halides is 2. The third kappa shape index (κ3) is 8.09. The molecule has 27 heavy (non-hydrogen) atoms. The first-order valence-electron chi connectivity index (χ1n) is 9.53. The lowest BCUT2D eigenvalue weighted by molar-refractivity contribution is -0.0504. The van der Waals surface area contributed by atoms with E-state index in [0.717, 1.165) is 45.4 Å². The van der Waals surface area contributed by atoms with E-state index in [4.69, 9.17) is 0 Å². The maximum Gasteiger partial charge on any atom is 0.387 e. The maximum absolute atomic E-state index is 12.5. The highest BCUT2D eigenvalue weighted by molar-refractivity contribution is 5.79. The van der Waals surface area contributed by atoms with E-state index in [2.05, 4.69) is 25.3 Å². The predicted octanol–water partition coefficient (Wildman–Crippen LogP) is 2.19. The van der Waals surface area contributed by atoms with Gasteiger partial charge in [0.1, 0.15) is 5.75 Å². The summed E-state index contributed by atoms with van der Waals surface area (Å²) in [5.41, 5.74) is 0.613. The quantitative estimate of drug-likeness (QED) is 0.346. The van der Waals surface area contributed by atoms with Gasteiger partial charge in [0.15, 0.2) is 5.96 Å². The highest BCUT2D eigenvalue weighted by atomic mass is 19.3. The van der Waals surface area contributed by atoms with E-state index in [-0.39, 0.29) is 18.4 Å². The third-order valence-electron chi connectivity index (χ3n) is 4.44. The van der Waals surface area contributed by atoms with Gasteiger partial charge < -0.3 is 25.4 Å². The zero-order valence-electron chi connectivity index (χ0n) is 15.8. The second-order valence-electron chi connectivity index (χ2n) is 6.53. The van der Waals surface area contributed by atoms with Crippen molar-refractivity contribution in [2.45, 2.75) is 45.4 Å². The normalized spacial score (nSPS) is 16.6. The lowest BCUT2D eigenvalue weighted by atomic mass is 10.1. The highest BCUT2D eigenvalue weighted by Crippen LogP contribution is 2.20. The fraction of sp³-hybridized carbons (Fsp3) is 0.632. The van der Waals surface area contributed by atoms with Gasteiger partial charge in [0.25, 0.3) is 0 Å². The van der Waals surface area contributed by atoms with Crippen LogP contribution in [0.3, 0.4) is 0 Å². The van der Waals surface area contributed by atoms with Crippen LogP contribution in [0.5, 0.6) is 5.75 Å².